The molecule has 1 amide bonds. The molecule has 6 aromatic rings. The molecule has 0 aliphatic heterocycles. The van der Waals surface area contributed by atoms with Gasteiger partial charge in [0.25, 0.3) is 0 Å². The van der Waals surface area contributed by atoms with Crippen LogP contribution in [0.1, 0.15) is 50.0 Å². The third-order valence-electron chi connectivity index (χ3n) is 10.3. The van der Waals surface area contributed by atoms with Gasteiger partial charge in [0.1, 0.15) is 5.75 Å². The second kappa shape index (κ2) is 15.3. The maximum Gasteiger partial charge on any atom is 0.409 e. The Morgan fingerprint density at radius 3 is 2.42 bits per heavy atom. The van der Waals surface area contributed by atoms with Crippen molar-refractivity contribution in [2.24, 2.45) is 0 Å². The predicted molar refractivity (Wildman–Crippen MR) is 213 cm³/mol. The van der Waals surface area contributed by atoms with Crippen LogP contribution < -0.4 is 21.9 Å². The molecule has 0 aliphatic carbocycles. The van der Waals surface area contributed by atoms with Crippen LogP contribution in [0.3, 0.4) is 0 Å². The first-order chi connectivity index (χ1) is 25.2. The van der Waals surface area contributed by atoms with Gasteiger partial charge in [-0.15, -0.1) is 0 Å². The van der Waals surface area contributed by atoms with Crippen LogP contribution in [0.2, 0.25) is 18.1 Å². The number of carbonyl (C=O) groups is 1. The average molecular weight is 734 g/mol. The number of nitrogens with zero attached hydrogens (tertiary/aromatic N) is 1. The number of carboxylic acid groups (broad SMARTS) is 1. The smallest absolute Gasteiger partial charge is 0.409 e. The average Bonchev–Trinajstić information content (AvgIpc) is 3.41. The van der Waals surface area contributed by atoms with Crippen molar-refractivity contribution in [3.63, 3.8) is 0 Å². The molecule has 276 valence electrons. The molecular formula is C41H47N5O6Si. The fourth-order valence-corrected chi connectivity index (χ4v) is 7.73. The van der Waals surface area contributed by atoms with E-state index in [-0.39, 0.29) is 28.1 Å². The summed E-state index contributed by atoms with van der Waals surface area (Å²) < 4.78 is 8.68. The van der Waals surface area contributed by atoms with E-state index < -0.39 is 14.4 Å². The lowest BCUT2D eigenvalue weighted by Gasteiger charge is -2.39. The topological polar surface area (TPSA) is 161 Å². The number of phenolic OH excluding ortho intramolecular Hbond substituents is 1. The number of rotatable bonds is 13. The quantitative estimate of drug-likeness (QED) is 0.0654. The van der Waals surface area contributed by atoms with Gasteiger partial charge in [-0.25, -0.2) is 9.59 Å². The molecule has 0 saturated carbocycles. The number of aryl methyl sites for hydroxylation is 2. The zero-order valence-corrected chi connectivity index (χ0v) is 31.7. The van der Waals surface area contributed by atoms with Crippen LogP contribution in [0, 0.1) is 0 Å². The monoisotopic (exact) mass is 733 g/mol. The number of H-pyrrole nitrogens is 2. The number of benzene rings is 4. The minimum absolute atomic E-state index is 0.00869. The zero-order chi connectivity index (χ0) is 37.9. The largest absolute Gasteiger partial charge is 0.506 e. The number of phenols is 1. The Morgan fingerprint density at radius 1 is 0.925 bits per heavy atom. The zero-order valence-electron chi connectivity index (χ0n) is 30.7. The van der Waals surface area contributed by atoms with Crippen molar-refractivity contribution in [1.29, 1.82) is 0 Å². The summed E-state index contributed by atoms with van der Waals surface area (Å²) >= 11 is 0. The van der Waals surface area contributed by atoms with E-state index in [2.05, 4.69) is 54.5 Å². The Hall–Kier alpha value is -5.43. The highest BCUT2D eigenvalue weighted by molar-refractivity contribution is 6.74. The fourth-order valence-electron chi connectivity index (χ4n) is 6.45. The first kappa shape index (κ1) is 37.3. The maximum atomic E-state index is 13.1. The van der Waals surface area contributed by atoms with E-state index in [9.17, 15) is 24.6 Å². The van der Waals surface area contributed by atoms with Gasteiger partial charge in [-0.2, -0.15) is 0 Å². The Morgan fingerprint density at radius 2 is 1.68 bits per heavy atom. The molecule has 6 N–H and O–H groups in total. The summed E-state index contributed by atoms with van der Waals surface area (Å²) in [6.45, 7) is 12.5. The van der Waals surface area contributed by atoms with Crippen LogP contribution in [-0.4, -0.2) is 45.7 Å². The molecule has 2 aromatic heterocycles. The summed E-state index contributed by atoms with van der Waals surface area (Å²) in [5, 5.41) is 26.7. The number of amides is 1. The van der Waals surface area contributed by atoms with Gasteiger partial charge in [-0.05, 0) is 83.6 Å². The number of pyridine rings is 1. The molecule has 2 heterocycles. The van der Waals surface area contributed by atoms with Gasteiger partial charge >= 0.3 is 11.8 Å². The molecule has 0 spiro atoms. The van der Waals surface area contributed by atoms with E-state index in [0.29, 0.717) is 43.7 Å². The first-order valence-corrected chi connectivity index (χ1v) is 20.7. The highest BCUT2D eigenvalue weighted by Crippen LogP contribution is 2.41. The van der Waals surface area contributed by atoms with Gasteiger partial charge in [-0.3, -0.25) is 14.7 Å². The second-order valence-corrected chi connectivity index (χ2v) is 19.8. The fraction of sp³-hybridized carbons (Fsp3) is 0.293. The predicted octanol–water partition coefficient (Wildman–Crippen LogP) is 8.12. The number of hydrogen-bond acceptors (Lipinski definition) is 6. The molecule has 12 heteroatoms. The number of fused-ring (bicyclic) bond motifs is 2. The van der Waals surface area contributed by atoms with Gasteiger partial charge in [-0.1, -0.05) is 75.4 Å². The Balaban J connectivity index is 1.15. The van der Waals surface area contributed by atoms with E-state index in [4.69, 9.17) is 4.43 Å². The number of aromatic amines is 2. The van der Waals surface area contributed by atoms with E-state index in [1.807, 2.05) is 72.8 Å². The Labute approximate surface area is 308 Å². The molecular weight excluding hydrogens is 687 g/mol. The van der Waals surface area contributed by atoms with Gasteiger partial charge in [0, 0.05) is 36.7 Å². The normalized spacial score (nSPS) is 12.7. The van der Waals surface area contributed by atoms with Crippen LogP contribution >= 0.6 is 0 Å². The maximum absolute atomic E-state index is 13.1. The van der Waals surface area contributed by atoms with Crippen molar-refractivity contribution < 1.29 is 19.4 Å². The van der Waals surface area contributed by atoms with Crippen LogP contribution in [0.4, 0.5) is 10.5 Å². The van der Waals surface area contributed by atoms with E-state index in [1.165, 1.54) is 6.07 Å². The summed E-state index contributed by atoms with van der Waals surface area (Å²) in [6.07, 6.45) is -0.124. The minimum Gasteiger partial charge on any atom is -0.506 e. The molecule has 1 atom stereocenters. The van der Waals surface area contributed by atoms with Crippen molar-refractivity contribution in [2.75, 3.05) is 11.9 Å². The van der Waals surface area contributed by atoms with Crippen molar-refractivity contribution in [3.05, 3.63) is 129 Å². The summed E-state index contributed by atoms with van der Waals surface area (Å²) in [5.74, 6) is 0.00869. The standard InChI is InChI=1S/C41H47N5O6Si/c1-41(2,3)53(4,5)52-36(30-16-19-35(47)38-31(30)17-20-37(48)45-38)25-42-24-27-14-18-34-33(23-27)43-39(49)46(34)21-9-10-26-13-15-29(28-11-7-6-8-12-28)32(22-26)44-40(50)51/h6-8,11-20,22-23,36,42,44,47H,9-10,21,24-25H2,1-5H3,(H,43,49)(H,45,48)(H,50,51)/t36-/m1/s1. The van der Waals surface area contributed by atoms with Crippen LogP contribution in [0.5, 0.6) is 5.75 Å². The SMILES string of the molecule is CC(C)(C)[Si](C)(C)O[C@H](CNCc1ccc2c(c1)[nH]c(=O)n2CCCc1ccc(-c2ccccc2)c(NC(=O)O)c1)c1ccc(O)c2[nH]c(=O)ccc12. The number of nitrogens with one attached hydrogen (secondary N) is 4. The van der Waals surface area contributed by atoms with Gasteiger partial charge < -0.3 is 29.9 Å². The highest BCUT2D eigenvalue weighted by Gasteiger charge is 2.39. The lowest BCUT2D eigenvalue weighted by Crippen LogP contribution is -2.43. The number of anilines is 1. The van der Waals surface area contributed by atoms with Gasteiger partial charge in [0.15, 0.2) is 8.32 Å². The second-order valence-electron chi connectivity index (χ2n) is 15.0. The lowest BCUT2D eigenvalue weighted by atomic mass is 9.99. The Bertz CT molecular complexity index is 2380. The number of aromatic nitrogens is 3. The van der Waals surface area contributed by atoms with Crippen LogP contribution in [0.25, 0.3) is 33.1 Å². The lowest BCUT2D eigenvalue weighted by molar-refractivity contribution is 0.181. The molecule has 0 bridgehead atoms. The van der Waals surface area contributed by atoms with Gasteiger partial charge in [0.05, 0.1) is 28.3 Å². The molecule has 53 heavy (non-hydrogen) atoms. The van der Waals surface area contributed by atoms with Crippen molar-refractivity contribution in [3.8, 4) is 16.9 Å². The summed E-state index contributed by atoms with van der Waals surface area (Å²) in [4.78, 5) is 42.4. The van der Waals surface area contributed by atoms with Crippen LogP contribution in [-0.2, 0) is 23.9 Å². The molecule has 0 saturated heterocycles. The third-order valence-corrected chi connectivity index (χ3v) is 14.7. The summed E-state index contributed by atoms with van der Waals surface area (Å²) in [7, 11) is -2.23. The van der Waals surface area contributed by atoms with Crippen molar-refractivity contribution in [2.45, 2.75) is 70.9 Å². The number of aromatic hydroxyl groups is 1. The molecule has 0 fully saturated rings. The Kier molecular flexibility index (Phi) is 10.8. The first-order valence-electron chi connectivity index (χ1n) is 17.8. The molecule has 4 aromatic carbocycles. The van der Waals surface area contributed by atoms with E-state index >= 15 is 0 Å². The molecule has 0 radical (unpaired) electrons. The molecule has 6 rings (SSSR count). The molecule has 0 aliphatic rings. The van der Waals surface area contributed by atoms with Gasteiger partial charge in [0.2, 0.25) is 5.56 Å². The number of hydrogen-bond donors (Lipinski definition) is 6. The highest BCUT2D eigenvalue weighted by atomic mass is 28.4. The van der Waals surface area contributed by atoms with E-state index in [1.54, 1.807) is 16.7 Å². The molecule has 0 unspecified atom stereocenters. The van der Waals surface area contributed by atoms with Crippen molar-refractivity contribution in [1.82, 2.24) is 19.9 Å². The molecule has 11 nitrogen and oxygen atoms in total. The third kappa shape index (κ3) is 8.46. The summed E-state index contributed by atoms with van der Waals surface area (Å²) in [5.41, 5.74) is 6.58. The minimum atomic E-state index is -2.23. The summed E-state index contributed by atoms with van der Waals surface area (Å²) in [6, 6.07) is 28.0. The van der Waals surface area contributed by atoms with Crippen molar-refractivity contribution >= 4 is 42.0 Å². The van der Waals surface area contributed by atoms with Crippen LogP contribution in [0.15, 0.2) is 101 Å². The number of imidazole rings is 1. The van der Waals surface area contributed by atoms with E-state index in [0.717, 1.165) is 44.2 Å².